The van der Waals surface area contributed by atoms with Crippen LogP contribution >= 0.6 is 11.6 Å². The van der Waals surface area contributed by atoms with Crippen molar-refractivity contribution in [2.45, 2.75) is 47.0 Å². The van der Waals surface area contributed by atoms with Crippen LogP contribution in [-0.4, -0.2) is 11.8 Å². The molecule has 0 aliphatic heterocycles. The Balaban J connectivity index is 2.57. The van der Waals surface area contributed by atoms with E-state index in [1.807, 2.05) is 18.2 Å². The van der Waals surface area contributed by atoms with Crippen LogP contribution in [0.15, 0.2) is 24.3 Å². The molecule has 0 spiro atoms. The van der Waals surface area contributed by atoms with Gasteiger partial charge in [-0.15, -0.1) is 11.6 Å². The average molecular weight is 296 g/mol. The lowest BCUT2D eigenvalue weighted by Gasteiger charge is -2.26. The molecule has 1 N–H and O–H groups in total. The number of alkyl halides is 1. The van der Waals surface area contributed by atoms with Gasteiger partial charge in [0.1, 0.15) is 0 Å². The molecule has 1 aromatic rings. The fourth-order valence-corrected chi connectivity index (χ4v) is 2.01. The summed E-state index contributed by atoms with van der Waals surface area (Å²) >= 11 is 5.71. The molecule has 0 saturated carbocycles. The van der Waals surface area contributed by atoms with Gasteiger partial charge in [0.15, 0.2) is 0 Å². The summed E-state index contributed by atoms with van der Waals surface area (Å²) < 4.78 is 0. The third-order valence-corrected chi connectivity index (χ3v) is 4.05. The zero-order valence-electron chi connectivity index (χ0n) is 13.0. The van der Waals surface area contributed by atoms with Crippen LogP contribution in [0.25, 0.3) is 0 Å². The summed E-state index contributed by atoms with van der Waals surface area (Å²) in [5, 5.41) is 2.99. The Morgan fingerprint density at radius 2 is 2.05 bits per heavy atom. The molecule has 1 rings (SSSR count). The van der Waals surface area contributed by atoms with Gasteiger partial charge in [-0.2, -0.15) is 0 Å². The summed E-state index contributed by atoms with van der Waals surface area (Å²) in [6.45, 7) is 8.61. The summed E-state index contributed by atoms with van der Waals surface area (Å²) in [4.78, 5) is 12.1. The van der Waals surface area contributed by atoms with Gasteiger partial charge in [0.25, 0.3) is 0 Å². The highest BCUT2D eigenvalue weighted by molar-refractivity contribution is 6.17. The van der Waals surface area contributed by atoms with E-state index in [2.05, 4.69) is 39.1 Å². The quantitative estimate of drug-likeness (QED) is 0.745. The highest BCUT2D eigenvalue weighted by Gasteiger charge is 2.22. The maximum absolute atomic E-state index is 12.1. The highest BCUT2D eigenvalue weighted by Crippen LogP contribution is 2.28. The number of carbonyl (C=O) groups is 1. The lowest BCUT2D eigenvalue weighted by molar-refractivity contribution is -0.117. The fourth-order valence-electron chi connectivity index (χ4n) is 1.87. The first-order valence-electron chi connectivity index (χ1n) is 7.27. The minimum absolute atomic E-state index is 0.0851. The molecule has 0 radical (unpaired) electrons. The summed E-state index contributed by atoms with van der Waals surface area (Å²) in [5.74, 6) is 1.10. The molecule has 3 heteroatoms. The number of hydrogen-bond donors (Lipinski definition) is 1. The highest BCUT2D eigenvalue weighted by atomic mass is 35.5. The van der Waals surface area contributed by atoms with Gasteiger partial charge in [0.2, 0.25) is 5.91 Å². The van der Waals surface area contributed by atoms with Crippen molar-refractivity contribution in [3.05, 3.63) is 29.8 Å². The van der Waals surface area contributed by atoms with Crippen LogP contribution in [0.2, 0.25) is 0 Å². The van der Waals surface area contributed by atoms with Gasteiger partial charge < -0.3 is 5.32 Å². The SMILES string of the molecule is CC(CC(=O)Nc1cccc(CCCCl)c1)C(C)(C)C. The molecule has 1 amide bonds. The van der Waals surface area contributed by atoms with Gasteiger partial charge in [0, 0.05) is 18.0 Å². The molecule has 1 unspecified atom stereocenters. The molecule has 112 valence electrons. The molecular weight excluding hydrogens is 270 g/mol. The van der Waals surface area contributed by atoms with Crippen LogP contribution in [0.4, 0.5) is 5.69 Å². The van der Waals surface area contributed by atoms with E-state index in [1.54, 1.807) is 0 Å². The summed E-state index contributed by atoms with van der Waals surface area (Å²) in [7, 11) is 0. The number of benzene rings is 1. The second kappa shape index (κ2) is 7.68. The summed E-state index contributed by atoms with van der Waals surface area (Å²) in [5.41, 5.74) is 2.25. The number of aryl methyl sites for hydroxylation is 1. The first-order chi connectivity index (χ1) is 9.32. The molecule has 0 saturated heterocycles. The van der Waals surface area contributed by atoms with Crippen molar-refractivity contribution < 1.29 is 4.79 Å². The van der Waals surface area contributed by atoms with E-state index in [-0.39, 0.29) is 11.3 Å². The van der Waals surface area contributed by atoms with E-state index < -0.39 is 0 Å². The monoisotopic (exact) mass is 295 g/mol. The number of anilines is 1. The Bertz CT molecular complexity index is 437. The largest absolute Gasteiger partial charge is 0.326 e. The summed E-state index contributed by atoms with van der Waals surface area (Å²) in [6.07, 6.45) is 2.46. The van der Waals surface area contributed by atoms with Crippen LogP contribution in [0.3, 0.4) is 0 Å². The van der Waals surface area contributed by atoms with Crippen LogP contribution in [-0.2, 0) is 11.2 Å². The number of rotatable bonds is 6. The van der Waals surface area contributed by atoms with Crippen LogP contribution in [0.5, 0.6) is 0 Å². The van der Waals surface area contributed by atoms with Gasteiger partial charge in [-0.25, -0.2) is 0 Å². The normalized spacial score (nSPS) is 13.1. The van der Waals surface area contributed by atoms with Gasteiger partial charge in [-0.05, 0) is 41.9 Å². The Morgan fingerprint density at radius 3 is 2.65 bits per heavy atom. The molecule has 0 aliphatic rings. The van der Waals surface area contributed by atoms with E-state index >= 15 is 0 Å². The van der Waals surface area contributed by atoms with Crippen LogP contribution in [0, 0.1) is 11.3 Å². The first kappa shape index (κ1) is 17.0. The molecule has 0 bridgehead atoms. The van der Waals surface area contributed by atoms with E-state index in [0.29, 0.717) is 18.2 Å². The van der Waals surface area contributed by atoms with Gasteiger partial charge in [0.05, 0.1) is 0 Å². The fraction of sp³-hybridized carbons (Fsp3) is 0.588. The minimum atomic E-state index is 0.0851. The van der Waals surface area contributed by atoms with E-state index in [9.17, 15) is 4.79 Å². The van der Waals surface area contributed by atoms with Gasteiger partial charge in [-0.3, -0.25) is 4.79 Å². The van der Waals surface area contributed by atoms with E-state index in [4.69, 9.17) is 11.6 Å². The number of carbonyl (C=O) groups excluding carboxylic acids is 1. The van der Waals surface area contributed by atoms with E-state index in [0.717, 1.165) is 18.5 Å². The van der Waals surface area contributed by atoms with Crippen molar-refractivity contribution in [2.75, 3.05) is 11.2 Å². The second-order valence-corrected chi connectivity index (χ2v) is 6.89. The van der Waals surface area contributed by atoms with Crippen molar-refractivity contribution in [2.24, 2.45) is 11.3 Å². The molecule has 1 aromatic carbocycles. The Labute approximate surface area is 127 Å². The summed E-state index contributed by atoms with van der Waals surface area (Å²) in [6, 6.07) is 8.02. The van der Waals surface area contributed by atoms with Gasteiger partial charge in [-0.1, -0.05) is 39.8 Å². The Kier molecular flexibility index (Phi) is 6.54. The molecule has 2 nitrogen and oxygen atoms in total. The van der Waals surface area contributed by atoms with Crippen molar-refractivity contribution >= 4 is 23.2 Å². The molecule has 0 aromatic heterocycles. The number of amides is 1. The zero-order valence-corrected chi connectivity index (χ0v) is 13.8. The van der Waals surface area contributed by atoms with Gasteiger partial charge >= 0.3 is 0 Å². The minimum Gasteiger partial charge on any atom is -0.326 e. The maximum atomic E-state index is 12.1. The number of halogens is 1. The predicted octanol–water partition coefficient (Wildman–Crippen LogP) is 4.87. The smallest absolute Gasteiger partial charge is 0.224 e. The van der Waals surface area contributed by atoms with E-state index in [1.165, 1.54) is 5.56 Å². The second-order valence-electron chi connectivity index (χ2n) is 6.51. The lowest BCUT2D eigenvalue weighted by atomic mass is 9.80. The third-order valence-electron chi connectivity index (χ3n) is 3.78. The predicted molar refractivity (Wildman–Crippen MR) is 87.3 cm³/mol. The first-order valence-corrected chi connectivity index (χ1v) is 7.81. The standard InChI is InChI=1S/C17H26ClNO/c1-13(17(2,3)4)11-16(20)19-15-9-5-7-14(12-15)8-6-10-18/h5,7,9,12-13H,6,8,10-11H2,1-4H3,(H,19,20). The van der Waals surface area contributed by atoms with Crippen molar-refractivity contribution in [3.63, 3.8) is 0 Å². The molecule has 0 heterocycles. The van der Waals surface area contributed by atoms with Crippen LogP contribution in [0.1, 0.15) is 46.1 Å². The van der Waals surface area contributed by atoms with Crippen molar-refractivity contribution in [3.8, 4) is 0 Å². The molecule has 0 fully saturated rings. The lowest BCUT2D eigenvalue weighted by Crippen LogP contribution is -2.23. The van der Waals surface area contributed by atoms with Crippen LogP contribution < -0.4 is 5.32 Å². The molecule has 20 heavy (non-hydrogen) atoms. The Hall–Kier alpha value is -1.02. The Morgan fingerprint density at radius 1 is 1.35 bits per heavy atom. The molecular formula is C17H26ClNO. The molecule has 1 atom stereocenters. The number of hydrogen-bond acceptors (Lipinski definition) is 1. The third kappa shape index (κ3) is 5.96. The van der Waals surface area contributed by atoms with Crippen molar-refractivity contribution in [1.82, 2.24) is 0 Å². The topological polar surface area (TPSA) is 29.1 Å². The van der Waals surface area contributed by atoms with Crippen molar-refractivity contribution in [1.29, 1.82) is 0 Å². The number of nitrogens with one attached hydrogen (secondary N) is 1. The average Bonchev–Trinajstić information content (AvgIpc) is 2.35. The zero-order chi connectivity index (χ0) is 15.2. The molecule has 0 aliphatic carbocycles. The maximum Gasteiger partial charge on any atom is 0.224 e.